The molecule has 2 N–H and O–H groups in total. The van der Waals surface area contributed by atoms with E-state index in [0.29, 0.717) is 10.8 Å². The van der Waals surface area contributed by atoms with Crippen molar-refractivity contribution >= 4 is 33.2 Å². The lowest BCUT2D eigenvalue weighted by Gasteiger charge is -2.16. The Hall–Kier alpha value is -2.30. The maximum atomic E-state index is 12.4. The van der Waals surface area contributed by atoms with Crippen LogP contribution in [0.15, 0.2) is 35.5 Å². The zero-order valence-corrected chi connectivity index (χ0v) is 17.3. The molecule has 0 saturated heterocycles. The molecule has 0 aliphatic heterocycles. The maximum Gasteiger partial charge on any atom is 0.279 e. The number of hydrogen-bond donors (Lipinski definition) is 2. The van der Waals surface area contributed by atoms with E-state index in [1.165, 1.54) is 53.4 Å². The number of amides is 2. The molecular weight excluding hydrogens is 400 g/mol. The standard InChI is InChI=1S/C18H22N4O4S2/c1-12-5-6-15-13(8-12)9-16(27-15)18(24)21-20-17(23)11-22(2)28(25,26)14-4-3-7-19-10-14/h3-4,7,9-10,12H,5-6,8,11H2,1-2H3,(H,20,23)(H,21,24). The molecule has 1 unspecified atom stereocenters. The van der Waals surface area contributed by atoms with Crippen molar-refractivity contribution in [1.29, 1.82) is 0 Å². The topological polar surface area (TPSA) is 108 Å². The highest BCUT2D eigenvalue weighted by molar-refractivity contribution is 7.89. The van der Waals surface area contributed by atoms with Gasteiger partial charge in [0.25, 0.3) is 11.8 Å². The largest absolute Gasteiger partial charge is 0.279 e. The second-order valence-electron chi connectivity index (χ2n) is 6.86. The summed E-state index contributed by atoms with van der Waals surface area (Å²) in [7, 11) is -2.54. The van der Waals surface area contributed by atoms with Crippen molar-refractivity contribution in [1.82, 2.24) is 20.1 Å². The van der Waals surface area contributed by atoms with Crippen LogP contribution in [0.1, 0.15) is 33.5 Å². The number of thiophene rings is 1. The number of sulfonamides is 1. The van der Waals surface area contributed by atoms with Gasteiger partial charge in [0.05, 0.1) is 11.4 Å². The summed E-state index contributed by atoms with van der Waals surface area (Å²) in [6.45, 7) is 1.76. The van der Waals surface area contributed by atoms with Crippen LogP contribution in [0, 0.1) is 5.92 Å². The van der Waals surface area contributed by atoms with Gasteiger partial charge < -0.3 is 0 Å². The second-order valence-corrected chi connectivity index (χ2v) is 10.0. The molecule has 3 rings (SSSR count). The second kappa shape index (κ2) is 8.38. The highest BCUT2D eigenvalue weighted by Gasteiger charge is 2.24. The Morgan fingerprint density at radius 1 is 1.36 bits per heavy atom. The van der Waals surface area contributed by atoms with Gasteiger partial charge in [0, 0.05) is 24.3 Å². The highest BCUT2D eigenvalue weighted by atomic mass is 32.2. The molecule has 0 aromatic carbocycles. The molecule has 0 radical (unpaired) electrons. The van der Waals surface area contributed by atoms with E-state index in [0.717, 1.165) is 23.6 Å². The molecule has 8 nitrogen and oxygen atoms in total. The molecule has 2 aromatic rings. The van der Waals surface area contributed by atoms with Crippen molar-refractivity contribution in [3.8, 4) is 0 Å². The number of carbonyl (C=O) groups is 2. The molecule has 10 heteroatoms. The maximum absolute atomic E-state index is 12.4. The minimum atomic E-state index is -3.83. The number of fused-ring (bicyclic) bond motifs is 1. The quantitative estimate of drug-likeness (QED) is 0.707. The van der Waals surface area contributed by atoms with Gasteiger partial charge in [-0.25, -0.2) is 8.42 Å². The number of nitrogens with one attached hydrogen (secondary N) is 2. The van der Waals surface area contributed by atoms with E-state index in [1.54, 1.807) is 0 Å². The van der Waals surface area contributed by atoms with E-state index in [4.69, 9.17) is 0 Å². The third kappa shape index (κ3) is 4.57. The number of nitrogens with zero attached hydrogens (tertiary/aromatic N) is 2. The van der Waals surface area contributed by atoms with Crippen molar-refractivity contribution in [2.24, 2.45) is 5.92 Å². The van der Waals surface area contributed by atoms with Gasteiger partial charge in [0.2, 0.25) is 10.0 Å². The summed E-state index contributed by atoms with van der Waals surface area (Å²) in [5.41, 5.74) is 5.82. The van der Waals surface area contributed by atoms with Crippen LogP contribution in [-0.4, -0.2) is 43.1 Å². The summed E-state index contributed by atoms with van der Waals surface area (Å²) < 4.78 is 25.7. The van der Waals surface area contributed by atoms with E-state index >= 15 is 0 Å². The van der Waals surface area contributed by atoms with Crippen molar-refractivity contribution < 1.29 is 18.0 Å². The number of pyridine rings is 1. The third-order valence-electron chi connectivity index (χ3n) is 4.58. The number of rotatable bonds is 5. The number of hydrogen-bond acceptors (Lipinski definition) is 6. The Bertz CT molecular complexity index is 973. The van der Waals surface area contributed by atoms with Gasteiger partial charge in [-0.2, -0.15) is 4.31 Å². The van der Waals surface area contributed by atoms with Gasteiger partial charge in [-0.05, 0) is 48.9 Å². The van der Waals surface area contributed by atoms with E-state index in [9.17, 15) is 18.0 Å². The Morgan fingerprint density at radius 2 is 2.14 bits per heavy atom. The first kappa shape index (κ1) is 20.4. The first-order chi connectivity index (χ1) is 13.3. The summed E-state index contributed by atoms with van der Waals surface area (Å²) in [5, 5.41) is 0. The van der Waals surface area contributed by atoms with Crippen LogP contribution >= 0.6 is 11.3 Å². The first-order valence-electron chi connectivity index (χ1n) is 8.84. The first-order valence-corrected chi connectivity index (χ1v) is 11.1. The van der Waals surface area contributed by atoms with Crippen LogP contribution in [0.3, 0.4) is 0 Å². The number of hydrazine groups is 1. The monoisotopic (exact) mass is 422 g/mol. The van der Waals surface area contributed by atoms with Gasteiger partial charge in [-0.1, -0.05) is 6.92 Å². The minimum absolute atomic E-state index is 0.00673. The molecule has 0 fully saturated rings. The molecule has 150 valence electrons. The van der Waals surface area contributed by atoms with Crippen molar-refractivity contribution in [3.63, 3.8) is 0 Å². The lowest BCUT2D eigenvalue weighted by Crippen LogP contribution is -2.46. The molecule has 1 aliphatic carbocycles. The molecule has 2 amide bonds. The lowest BCUT2D eigenvalue weighted by atomic mass is 9.90. The average molecular weight is 423 g/mol. The van der Waals surface area contributed by atoms with Gasteiger partial charge in [0.1, 0.15) is 4.90 Å². The zero-order valence-electron chi connectivity index (χ0n) is 15.6. The number of likely N-dealkylation sites (N-methyl/N-ethyl adjacent to an activating group) is 1. The molecule has 0 saturated carbocycles. The molecule has 1 aliphatic rings. The van der Waals surface area contributed by atoms with Gasteiger partial charge in [-0.3, -0.25) is 25.4 Å². The molecule has 0 spiro atoms. The normalized spacial score (nSPS) is 16.5. The molecular formula is C18H22N4O4S2. The third-order valence-corrected chi connectivity index (χ3v) is 7.60. The Morgan fingerprint density at radius 3 is 2.86 bits per heavy atom. The van der Waals surface area contributed by atoms with Crippen LogP contribution in [-0.2, 0) is 27.7 Å². The predicted octanol–water partition coefficient (Wildman–Crippen LogP) is 1.35. The van der Waals surface area contributed by atoms with Crippen molar-refractivity contribution in [2.45, 2.75) is 31.1 Å². The fourth-order valence-electron chi connectivity index (χ4n) is 3.01. The number of carbonyl (C=O) groups excluding carboxylic acids is 2. The Balaban J connectivity index is 1.55. The molecule has 1 atom stereocenters. The summed E-state index contributed by atoms with van der Waals surface area (Å²) in [5.74, 6) is -0.438. The SMILES string of the molecule is CC1CCc2sc(C(=O)NNC(=O)CN(C)S(=O)(=O)c3cccnc3)cc2C1. The minimum Gasteiger partial charge on any atom is -0.272 e. The number of aromatic nitrogens is 1. The van der Waals surface area contributed by atoms with Crippen LogP contribution in [0.5, 0.6) is 0 Å². The van der Waals surface area contributed by atoms with Crippen molar-refractivity contribution in [3.05, 3.63) is 45.9 Å². The molecule has 0 bridgehead atoms. The smallest absolute Gasteiger partial charge is 0.272 e. The van der Waals surface area contributed by atoms with E-state index in [1.807, 2.05) is 6.07 Å². The van der Waals surface area contributed by atoms with Gasteiger partial charge in [0.15, 0.2) is 0 Å². The predicted molar refractivity (Wildman–Crippen MR) is 105 cm³/mol. The van der Waals surface area contributed by atoms with Crippen LogP contribution < -0.4 is 10.9 Å². The van der Waals surface area contributed by atoms with E-state index in [2.05, 4.69) is 22.8 Å². The van der Waals surface area contributed by atoms with E-state index < -0.39 is 28.4 Å². The summed E-state index contributed by atoms with van der Waals surface area (Å²) in [6.07, 6.45) is 5.72. The fourth-order valence-corrected chi connectivity index (χ4v) is 5.21. The van der Waals surface area contributed by atoms with E-state index in [-0.39, 0.29) is 4.90 Å². The molecule has 2 aromatic heterocycles. The van der Waals surface area contributed by atoms with Crippen molar-refractivity contribution in [2.75, 3.05) is 13.6 Å². The average Bonchev–Trinajstić information content (AvgIpc) is 3.10. The lowest BCUT2D eigenvalue weighted by molar-refractivity contribution is -0.121. The Kier molecular flexibility index (Phi) is 6.11. The van der Waals surface area contributed by atoms with Crippen LogP contribution in [0.4, 0.5) is 0 Å². The molecule has 2 heterocycles. The summed E-state index contributed by atoms with van der Waals surface area (Å²) >= 11 is 1.44. The van der Waals surface area contributed by atoms with Crippen LogP contribution in [0.2, 0.25) is 0 Å². The fraction of sp³-hybridized carbons (Fsp3) is 0.389. The highest BCUT2D eigenvalue weighted by Crippen LogP contribution is 2.32. The number of aryl methyl sites for hydroxylation is 1. The van der Waals surface area contributed by atoms with Crippen LogP contribution in [0.25, 0.3) is 0 Å². The molecule has 28 heavy (non-hydrogen) atoms. The van der Waals surface area contributed by atoms with Gasteiger partial charge in [-0.15, -0.1) is 11.3 Å². The van der Waals surface area contributed by atoms with Gasteiger partial charge >= 0.3 is 0 Å². The summed E-state index contributed by atoms with van der Waals surface area (Å²) in [6, 6.07) is 4.77. The zero-order chi connectivity index (χ0) is 20.3. The summed E-state index contributed by atoms with van der Waals surface area (Å²) in [4.78, 5) is 29.9. The Labute approximate surface area is 168 Å².